The van der Waals surface area contributed by atoms with Crippen LogP contribution < -0.4 is 0 Å². The van der Waals surface area contributed by atoms with Crippen molar-refractivity contribution in [3.05, 3.63) is 38.9 Å². The quantitative estimate of drug-likeness (QED) is 0.608. The molecule has 0 spiro atoms. The van der Waals surface area contributed by atoms with Gasteiger partial charge in [-0.25, -0.2) is 0 Å². The summed E-state index contributed by atoms with van der Waals surface area (Å²) in [5.74, 6) is 1.58. The molecule has 1 fully saturated rings. The lowest BCUT2D eigenvalue weighted by molar-refractivity contribution is -0.384. The van der Waals surface area contributed by atoms with Crippen LogP contribution >= 0.6 is 11.6 Å². The highest BCUT2D eigenvalue weighted by molar-refractivity contribution is 6.31. The predicted octanol–water partition coefficient (Wildman–Crippen LogP) is 3.34. The van der Waals surface area contributed by atoms with Crippen LogP contribution in [-0.4, -0.2) is 23.4 Å². The summed E-state index contributed by atoms with van der Waals surface area (Å²) in [4.78, 5) is 12.5. The van der Waals surface area contributed by atoms with Gasteiger partial charge in [-0.3, -0.25) is 10.1 Å². The molecule has 0 heterocycles. The maximum atomic E-state index is 10.7. The maximum Gasteiger partial charge on any atom is 0.269 e. The van der Waals surface area contributed by atoms with Crippen LogP contribution in [0.5, 0.6) is 0 Å². The Balaban J connectivity index is 2.02. The van der Waals surface area contributed by atoms with Crippen molar-refractivity contribution in [1.82, 2.24) is 4.90 Å². The second kappa shape index (κ2) is 5.24. The zero-order chi connectivity index (χ0) is 13.3. The molecule has 98 valence electrons. The van der Waals surface area contributed by atoms with Gasteiger partial charge in [-0.2, -0.15) is 0 Å². The Labute approximate surface area is 112 Å². The molecule has 0 saturated heterocycles. The Bertz CT molecular complexity index is 464. The van der Waals surface area contributed by atoms with E-state index < -0.39 is 0 Å². The standard InChI is InChI=1S/C13H17ClN2O2/c1-9-5-10(9)7-15(2)8-11-6-12(16(17)18)3-4-13(11)14/h3-4,6,9-10H,5,7-8H2,1-2H3. The fourth-order valence-corrected chi connectivity index (χ4v) is 2.38. The van der Waals surface area contributed by atoms with Crippen molar-refractivity contribution in [3.8, 4) is 0 Å². The van der Waals surface area contributed by atoms with E-state index in [1.165, 1.54) is 12.5 Å². The topological polar surface area (TPSA) is 46.4 Å². The van der Waals surface area contributed by atoms with Crippen molar-refractivity contribution in [2.75, 3.05) is 13.6 Å². The third kappa shape index (κ3) is 3.21. The normalized spacial score (nSPS) is 22.2. The second-order valence-corrected chi connectivity index (χ2v) is 5.61. The molecule has 0 radical (unpaired) electrons. The number of nitrogens with zero attached hydrogens (tertiary/aromatic N) is 2. The predicted molar refractivity (Wildman–Crippen MR) is 71.7 cm³/mol. The van der Waals surface area contributed by atoms with E-state index in [9.17, 15) is 10.1 Å². The van der Waals surface area contributed by atoms with Crippen molar-refractivity contribution in [2.24, 2.45) is 11.8 Å². The molecular formula is C13H17ClN2O2. The lowest BCUT2D eigenvalue weighted by atomic mass is 10.2. The number of rotatable bonds is 5. The van der Waals surface area contributed by atoms with Crippen LogP contribution in [0.1, 0.15) is 18.9 Å². The zero-order valence-electron chi connectivity index (χ0n) is 10.6. The van der Waals surface area contributed by atoms with Gasteiger partial charge in [0.15, 0.2) is 0 Å². The molecular weight excluding hydrogens is 252 g/mol. The SMILES string of the molecule is CC1CC1CN(C)Cc1cc([N+](=O)[O-])ccc1Cl. The first-order chi connectivity index (χ1) is 8.47. The Hall–Kier alpha value is -1.13. The zero-order valence-corrected chi connectivity index (χ0v) is 11.4. The number of halogens is 1. The van der Waals surface area contributed by atoms with E-state index in [4.69, 9.17) is 11.6 Å². The molecule has 2 atom stereocenters. The summed E-state index contributed by atoms with van der Waals surface area (Å²) in [5, 5.41) is 11.3. The Morgan fingerprint density at radius 3 is 2.78 bits per heavy atom. The van der Waals surface area contributed by atoms with E-state index >= 15 is 0 Å². The summed E-state index contributed by atoms with van der Waals surface area (Å²) in [6, 6.07) is 4.60. The molecule has 0 bridgehead atoms. The summed E-state index contributed by atoms with van der Waals surface area (Å²) < 4.78 is 0. The van der Waals surface area contributed by atoms with E-state index in [1.807, 2.05) is 7.05 Å². The molecule has 0 aliphatic heterocycles. The van der Waals surface area contributed by atoms with Gasteiger partial charge in [0.2, 0.25) is 0 Å². The van der Waals surface area contributed by atoms with Crippen molar-refractivity contribution in [1.29, 1.82) is 0 Å². The molecule has 0 aromatic heterocycles. The van der Waals surface area contributed by atoms with E-state index in [-0.39, 0.29) is 10.6 Å². The van der Waals surface area contributed by atoms with Crippen molar-refractivity contribution in [3.63, 3.8) is 0 Å². The minimum Gasteiger partial charge on any atom is -0.302 e. The fourth-order valence-electron chi connectivity index (χ4n) is 2.21. The number of non-ortho nitro benzene ring substituents is 1. The van der Waals surface area contributed by atoms with Crippen molar-refractivity contribution in [2.45, 2.75) is 19.9 Å². The van der Waals surface area contributed by atoms with E-state index in [0.717, 1.165) is 23.9 Å². The molecule has 4 nitrogen and oxygen atoms in total. The Kier molecular flexibility index (Phi) is 3.88. The second-order valence-electron chi connectivity index (χ2n) is 5.20. The minimum atomic E-state index is -0.386. The first-order valence-corrected chi connectivity index (χ1v) is 6.46. The summed E-state index contributed by atoms with van der Waals surface area (Å²) in [6.07, 6.45) is 1.28. The molecule has 5 heteroatoms. The molecule has 1 aromatic rings. The molecule has 0 amide bonds. The van der Waals surface area contributed by atoms with Gasteiger partial charge in [0.05, 0.1) is 4.92 Å². The van der Waals surface area contributed by atoms with Gasteiger partial charge in [-0.15, -0.1) is 0 Å². The van der Waals surface area contributed by atoms with E-state index in [2.05, 4.69) is 11.8 Å². The third-order valence-electron chi connectivity index (χ3n) is 3.50. The molecule has 0 N–H and O–H groups in total. The van der Waals surface area contributed by atoms with Gasteiger partial charge in [0.1, 0.15) is 0 Å². The highest BCUT2D eigenvalue weighted by atomic mass is 35.5. The van der Waals surface area contributed by atoms with Crippen LogP contribution in [0.2, 0.25) is 5.02 Å². The molecule has 1 saturated carbocycles. The summed E-state index contributed by atoms with van der Waals surface area (Å²) >= 11 is 6.08. The Morgan fingerprint density at radius 1 is 1.56 bits per heavy atom. The first-order valence-electron chi connectivity index (χ1n) is 6.08. The average Bonchev–Trinajstić information content (AvgIpc) is 2.97. The monoisotopic (exact) mass is 268 g/mol. The molecule has 2 rings (SSSR count). The van der Waals surface area contributed by atoms with Crippen LogP contribution in [0.3, 0.4) is 0 Å². The van der Waals surface area contributed by atoms with Crippen LogP contribution in [0.4, 0.5) is 5.69 Å². The molecule has 1 aliphatic carbocycles. The lowest BCUT2D eigenvalue weighted by Gasteiger charge is -2.17. The van der Waals surface area contributed by atoms with Gasteiger partial charge >= 0.3 is 0 Å². The van der Waals surface area contributed by atoms with Gasteiger partial charge in [-0.05, 0) is 36.9 Å². The number of nitro groups is 1. The number of hydrogen-bond donors (Lipinski definition) is 0. The lowest BCUT2D eigenvalue weighted by Crippen LogP contribution is -2.21. The molecule has 1 aliphatic rings. The van der Waals surface area contributed by atoms with Gasteiger partial charge in [0.25, 0.3) is 5.69 Å². The van der Waals surface area contributed by atoms with Crippen LogP contribution in [0.25, 0.3) is 0 Å². The van der Waals surface area contributed by atoms with Gasteiger partial charge in [-0.1, -0.05) is 18.5 Å². The number of hydrogen-bond acceptors (Lipinski definition) is 3. The maximum absolute atomic E-state index is 10.7. The highest BCUT2D eigenvalue weighted by Gasteiger charge is 2.33. The van der Waals surface area contributed by atoms with Crippen LogP contribution in [-0.2, 0) is 6.54 Å². The Morgan fingerprint density at radius 2 is 2.22 bits per heavy atom. The van der Waals surface area contributed by atoms with Crippen molar-refractivity contribution >= 4 is 17.3 Å². The largest absolute Gasteiger partial charge is 0.302 e. The van der Waals surface area contributed by atoms with Crippen LogP contribution in [0, 0.1) is 22.0 Å². The summed E-state index contributed by atoms with van der Waals surface area (Å²) in [7, 11) is 2.03. The fraction of sp³-hybridized carbons (Fsp3) is 0.538. The first kappa shape index (κ1) is 13.3. The highest BCUT2D eigenvalue weighted by Crippen LogP contribution is 2.38. The van der Waals surface area contributed by atoms with Gasteiger partial charge < -0.3 is 4.90 Å². The van der Waals surface area contributed by atoms with E-state index in [0.29, 0.717) is 11.6 Å². The van der Waals surface area contributed by atoms with E-state index in [1.54, 1.807) is 12.1 Å². The summed E-state index contributed by atoms with van der Waals surface area (Å²) in [5.41, 5.74) is 0.921. The van der Waals surface area contributed by atoms with Crippen molar-refractivity contribution < 1.29 is 4.92 Å². The minimum absolute atomic E-state index is 0.0996. The van der Waals surface area contributed by atoms with Crippen LogP contribution in [0.15, 0.2) is 18.2 Å². The van der Waals surface area contributed by atoms with Gasteiger partial charge in [0, 0.05) is 30.2 Å². The number of nitro benzene ring substituents is 1. The third-order valence-corrected chi connectivity index (χ3v) is 3.87. The smallest absolute Gasteiger partial charge is 0.269 e. The number of benzene rings is 1. The summed E-state index contributed by atoms with van der Waals surface area (Å²) in [6.45, 7) is 3.93. The molecule has 18 heavy (non-hydrogen) atoms. The molecule has 2 unspecified atom stereocenters. The average molecular weight is 269 g/mol. The molecule has 1 aromatic carbocycles.